The standard InChI is InChI=1S/C27H29ClN4O/c1-4-31(5-2)26-12-7-6-11-24(26)30-27(33)22-15-16-32-25(14-13-19(22)3)23(18-29-32)20-9-8-10-21(28)17-20/h6-12,15-18H,4-5,13-14H2,1-3H3,(H,30,33)/b16-15-,22-19-. The Morgan fingerprint density at radius 1 is 1.12 bits per heavy atom. The lowest BCUT2D eigenvalue weighted by Gasteiger charge is -2.24. The van der Waals surface area contributed by atoms with Gasteiger partial charge >= 0.3 is 0 Å². The molecule has 1 aromatic heterocycles. The van der Waals surface area contributed by atoms with Crippen molar-refractivity contribution in [3.63, 3.8) is 0 Å². The van der Waals surface area contributed by atoms with Crippen LogP contribution in [0, 0.1) is 0 Å². The predicted molar refractivity (Wildman–Crippen MR) is 138 cm³/mol. The number of benzene rings is 2. The van der Waals surface area contributed by atoms with E-state index in [4.69, 9.17) is 11.6 Å². The molecule has 0 atom stereocenters. The van der Waals surface area contributed by atoms with Crippen molar-refractivity contribution < 1.29 is 4.79 Å². The summed E-state index contributed by atoms with van der Waals surface area (Å²) in [6, 6.07) is 15.8. The van der Waals surface area contributed by atoms with E-state index in [9.17, 15) is 4.79 Å². The molecule has 0 unspecified atom stereocenters. The Morgan fingerprint density at radius 2 is 1.91 bits per heavy atom. The van der Waals surface area contributed by atoms with E-state index in [2.05, 4.69) is 29.2 Å². The molecule has 1 amide bonds. The van der Waals surface area contributed by atoms with Crippen LogP contribution in [0.15, 0.2) is 72.0 Å². The first-order valence-corrected chi connectivity index (χ1v) is 11.7. The average molecular weight is 461 g/mol. The fourth-order valence-electron chi connectivity index (χ4n) is 4.27. The first-order chi connectivity index (χ1) is 16.0. The highest BCUT2D eigenvalue weighted by molar-refractivity contribution is 6.30. The molecule has 4 rings (SSSR count). The zero-order valence-electron chi connectivity index (χ0n) is 19.3. The highest BCUT2D eigenvalue weighted by atomic mass is 35.5. The van der Waals surface area contributed by atoms with Crippen LogP contribution in [0.25, 0.3) is 17.3 Å². The maximum atomic E-state index is 13.3. The largest absolute Gasteiger partial charge is 0.370 e. The minimum Gasteiger partial charge on any atom is -0.370 e. The molecule has 1 N–H and O–H groups in total. The third-order valence-electron chi connectivity index (χ3n) is 6.11. The fraction of sp³-hybridized carbons (Fsp3) is 0.259. The van der Waals surface area contributed by atoms with Crippen LogP contribution in [0.2, 0.25) is 5.02 Å². The normalized spacial score (nSPS) is 16.5. The fourth-order valence-corrected chi connectivity index (χ4v) is 4.46. The minimum absolute atomic E-state index is 0.103. The summed E-state index contributed by atoms with van der Waals surface area (Å²) in [5, 5.41) is 8.39. The number of allylic oxidation sites excluding steroid dienone is 1. The number of hydrogen-bond acceptors (Lipinski definition) is 3. The second-order valence-corrected chi connectivity index (χ2v) is 8.55. The van der Waals surface area contributed by atoms with Gasteiger partial charge in [0, 0.05) is 35.4 Å². The minimum atomic E-state index is -0.103. The van der Waals surface area contributed by atoms with Gasteiger partial charge in [-0.05, 0) is 69.5 Å². The summed E-state index contributed by atoms with van der Waals surface area (Å²) in [5.41, 5.74) is 6.80. The van der Waals surface area contributed by atoms with Crippen molar-refractivity contribution in [1.82, 2.24) is 9.78 Å². The molecule has 0 radical (unpaired) electrons. The van der Waals surface area contributed by atoms with Crippen molar-refractivity contribution in [2.24, 2.45) is 0 Å². The Balaban J connectivity index is 1.61. The number of nitrogens with one attached hydrogen (secondary N) is 1. The molecule has 6 heteroatoms. The Morgan fingerprint density at radius 3 is 2.67 bits per heavy atom. The quantitative estimate of drug-likeness (QED) is 0.461. The van der Waals surface area contributed by atoms with E-state index in [-0.39, 0.29) is 5.91 Å². The van der Waals surface area contributed by atoms with Crippen molar-refractivity contribution in [2.75, 3.05) is 23.3 Å². The van der Waals surface area contributed by atoms with Gasteiger partial charge in [0.15, 0.2) is 0 Å². The summed E-state index contributed by atoms with van der Waals surface area (Å²) in [6.07, 6.45) is 7.15. The number of para-hydroxylation sites is 2. The van der Waals surface area contributed by atoms with Crippen LogP contribution < -0.4 is 10.2 Å². The van der Waals surface area contributed by atoms with Crippen LogP contribution in [0.5, 0.6) is 0 Å². The Hall–Kier alpha value is -3.31. The van der Waals surface area contributed by atoms with E-state index >= 15 is 0 Å². The van der Waals surface area contributed by atoms with Gasteiger partial charge in [0.2, 0.25) is 0 Å². The molecule has 0 fully saturated rings. The van der Waals surface area contributed by atoms with Gasteiger partial charge in [-0.1, -0.05) is 41.4 Å². The smallest absolute Gasteiger partial charge is 0.255 e. The summed E-state index contributed by atoms with van der Waals surface area (Å²) < 4.78 is 1.86. The van der Waals surface area contributed by atoms with E-state index in [1.807, 2.05) is 78.6 Å². The van der Waals surface area contributed by atoms with Gasteiger partial charge in [-0.2, -0.15) is 5.10 Å². The van der Waals surface area contributed by atoms with Crippen molar-refractivity contribution in [3.8, 4) is 11.1 Å². The predicted octanol–water partition coefficient (Wildman–Crippen LogP) is 6.42. The molecule has 0 aliphatic carbocycles. The number of fused-ring (bicyclic) bond motifs is 1. The third kappa shape index (κ3) is 4.88. The van der Waals surface area contributed by atoms with Gasteiger partial charge in [-0.25, -0.2) is 4.68 Å². The number of anilines is 2. The maximum Gasteiger partial charge on any atom is 0.255 e. The molecule has 0 spiro atoms. The van der Waals surface area contributed by atoms with E-state index in [0.717, 1.165) is 59.7 Å². The van der Waals surface area contributed by atoms with E-state index in [0.29, 0.717) is 10.6 Å². The SMILES string of the molecule is CCN(CC)c1ccccc1NC(=O)C1=C(/C)CCc2c(-c3cccc(Cl)c3)cnn2/C=C\1. The second kappa shape index (κ2) is 10.1. The molecule has 5 nitrogen and oxygen atoms in total. The van der Waals surface area contributed by atoms with Gasteiger partial charge < -0.3 is 10.2 Å². The van der Waals surface area contributed by atoms with E-state index < -0.39 is 0 Å². The number of halogens is 1. The topological polar surface area (TPSA) is 50.2 Å². The van der Waals surface area contributed by atoms with Gasteiger partial charge in [0.05, 0.1) is 23.3 Å². The van der Waals surface area contributed by atoms with Crippen molar-refractivity contribution in [3.05, 3.63) is 82.7 Å². The molecule has 3 aromatic rings. The molecule has 1 aliphatic heterocycles. The van der Waals surface area contributed by atoms with Crippen LogP contribution in [-0.2, 0) is 11.2 Å². The second-order valence-electron chi connectivity index (χ2n) is 8.11. The number of carbonyl (C=O) groups is 1. The van der Waals surface area contributed by atoms with Gasteiger partial charge in [0.25, 0.3) is 5.91 Å². The molecule has 2 aromatic carbocycles. The summed E-state index contributed by atoms with van der Waals surface area (Å²) in [4.78, 5) is 15.5. The number of nitrogens with zero attached hydrogens (tertiary/aromatic N) is 3. The lowest BCUT2D eigenvalue weighted by Crippen LogP contribution is -2.24. The molecular weight excluding hydrogens is 432 g/mol. The van der Waals surface area contributed by atoms with Crippen LogP contribution >= 0.6 is 11.6 Å². The molecule has 2 heterocycles. The lowest BCUT2D eigenvalue weighted by atomic mass is 9.98. The number of aromatic nitrogens is 2. The molecule has 1 aliphatic rings. The number of hydrogen-bond donors (Lipinski definition) is 1. The van der Waals surface area contributed by atoms with Crippen molar-refractivity contribution in [2.45, 2.75) is 33.6 Å². The Bertz CT molecular complexity index is 1220. The Labute approximate surface area is 200 Å². The summed E-state index contributed by atoms with van der Waals surface area (Å²) in [7, 11) is 0. The number of rotatable bonds is 6. The lowest BCUT2D eigenvalue weighted by molar-refractivity contribution is -0.112. The molecule has 170 valence electrons. The number of amides is 1. The molecular formula is C27H29ClN4O. The third-order valence-corrected chi connectivity index (χ3v) is 6.35. The van der Waals surface area contributed by atoms with Crippen LogP contribution in [0.1, 0.15) is 32.9 Å². The summed E-state index contributed by atoms with van der Waals surface area (Å²) in [5.74, 6) is -0.103. The Kier molecular flexibility index (Phi) is 6.99. The van der Waals surface area contributed by atoms with Crippen LogP contribution in [-0.4, -0.2) is 28.8 Å². The summed E-state index contributed by atoms with van der Waals surface area (Å²) in [6.45, 7) is 8.02. The van der Waals surface area contributed by atoms with Gasteiger partial charge in [-0.3, -0.25) is 4.79 Å². The van der Waals surface area contributed by atoms with Gasteiger partial charge in [0.1, 0.15) is 0 Å². The molecule has 0 saturated carbocycles. The summed E-state index contributed by atoms with van der Waals surface area (Å²) >= 11 is 6.20. The first-order valence-electron chi connectivity index (χ1n) is 11.4. The zero-order chi connectivity index (χ0) is 23.4. The van der Waals surface area contributed by atoms with Crippen LogP contribution in [0.3, 0.4) is 0 Å². The highest BCUT2D eigenvalue weighted by Gasteiger charge is 2.19. The van der Waals surface area contributed by atoms with E-state index in [1.165, 1.54) is 0 Å². The zero-order valence-corrected chi connectivity index (χ0v) is 20.1. The highest BCUT2D eigenvalue weighted by Crippen LogP contribution is 2.30. The number of carbonyl (C=O) groups excluding carboxylic acids is 1. The van der Waals surface area contributed by atoms with Crippen molar-refractivity contribution in [1.29, 1.82) is 0 Å². The van der Waals surface area contributed by atoms with E-state index in [1.54, 1.807) is 0 Å². The van der Waals surface area contributed by atoms with Gasteiger partial charge in [-0.15, -0.1) is 0 Å². The van der Waals surface area contributed by atoms with Crippen molar-refractivity contribution >= 4 is 35.1 Å². The molecule has 0 saturated heterocycles. The van der Waals surface area contributed by atoms with Crippen LogP contribution in [0.4, 0.5) is 11.4 Å². The molecule has 0 bridgehead atoms. The maximum absolute atomic E-state index is 13.3. The monoisotopic (exact) mass is 460 g/mol. The first kappa shape index (κ1) is 22.9. The molecule has 33 heavy (non-hydrogen) atoms. The average Bonchev–Trinajstić information content (AvgIpc) is 3.20.